The standard InChI is InChI=1S/C11H19BrN2O2S2.ClH/c1-7(2)4-9(6-13)14-18(15,16)10-5-8(3)11(12)17-10;/h5,7,9,14H,4,6,13H2,1-3H3;1H. The van der Waals surface area contributed by atoms with Gasteiger partial charge in [0.1, 0.15) is 4.21 Å². The van der Waals surface area contributed by atoms with Crippen molar-refractivity contribution in [1.82, 2.24) is 4.72 Å². The Morgan fingerprint density at radius 3 is 2.42 bits per heavy atom. The van der Waals surface area contributed by atoms with Gasteiger partial charge in [-0.25, -0.2) is 13.1 Å². The minimum Gasteiger partial charge on any atom is -0.329 e. The Balaban J connectivity index is 0.00000324. The summed E-state index contributed by atoms with van der Waals surface area (Å²) >= 11 is 4.55. The number of halogens is 2. The molecule has 0 bridgehead atoms. The number of nitrogens with two attached hydrogens (primary N) is 1. The predicted octanol–water partition coefficient (Wildman–Crippen LogP) is 2.89. The normalized spacial score (nSPS) is 13.4. The highest BCUT2D eigenvalue weighted by Gasteiger charge is 2.22. The van der Waals surface area contributed by atoms with E-state index in [0.29, 0.717) is 16.7 Å². The van der Waals surface area contributed by atoms with Gasteiger partial charge in [-0.2, -0.15) is 0 Å². The first-order valence-corrected chi connectivity index (χ1v) is 8.84. The number of rotatable bonds is 6. The molecule has 0 saturated heterocycles. The zero-order chi connectivity index (χ0) is 13.9. The number of nitrogens with one attached hydrogen (secondary N) is 1. The monoisotopic (exact) mass is 390 g/mol. The predicted molar refractivity (Wildman–Crippen MR) is 86.6 cm³/mol. The third-order valence-corrected chi connectivity index (χ3v) is 6.59. The van der Waals surface area contributed by atoms with Gasteiger partial charge in [-0.3, -0.25) is 0 Å². The van der Waals surface area contributed by atoms with Gasteiger partial charge in [-0.15, -0.1) is 23.7 Å². The fourth-order valence-corrected chi connectivity index (χ4v) is 5.11. The van der Waals surface area contributed by atoms with E-state index in [1.807, 2.05) is 20.8 Å². The van der Waals surface area contributed by atoms with Gasteiger partial charge < -0.3 is 5.73 Å². The highest BCUT2D eigenvalue weighted by Crippen LogP contribution is 2.30. The number of hydrogen-bond donors (Lipinski definition) is 2. The lowest BCUT2D eigenvalue weighted by Crippen LogP contribution is -2.40. The van der Waals surface area contributed by atoms with E-state index in [4.69, 9.17) is 5.73 Å². The molecule has 0 aromatic carbocycles. The molecule has 0 aliphatic carbocycles. The summed E-state index contributed by atoms with van der Waals surface area (Å²) in [7, 11) is -3.46. The molecule has 0 saturated carbocycles. The lowest BCUT2D eigenvalue weighted by Gasteiger charge is -2.18. The lowest BCUT2D eigenvalue weighted by atomic mass is 10.1. The molecule has 1 atom stereocenters. The molecule has 1 unspecified atom stereocenters. The van der Waals surface area contributed by atoms with Crippen LogP contribution in [0.2, 0.25) is 0 Å². The molecular weight excluding hydrogens is 372 g/mol. The number of aryl methyl sites for hydroxylation is 1. The van der Waals surface area contributed by atoms with Gasteiger partial charge in [0, 0.05) is 12.6 Å². The Hall–Kier alpha value is 0.340. The van der Waals surface area contributed by atoms with E-state index in [1.54, 1.807) is 6.07 Å². The highest BCUT2D eigenvalue weighted by atomic mass is 79.9. The molecule has 1 aromatic heterocycles. The Bertz CT molecular complexity index is 483. The number of thiophene rings is 1. The van der Waals surface area contributed by atoms with Crippen LogP contribution in [0.25, 0.3) is 0 Å². The Morgan fingerprint density at radius 1 is 1.47 bits per heavy atom. The summed E-state index contributed by atoms with van der Waals surface area (Å²) in [5.41, 5.74) is 6.53. The van der Waals surface area contributed by atoms with E-state index >= 15 is 0 Å². The molecule has 0 radical (unpaired) electrons. The Morgan fingerprint density at radius 2 is 2.05 bits per heavy atom. The second-order valence-electron chi connectivity index (χ2n) is 4.71. The van der Waals surface area contributed by atoms with Crippen LogP contribution in [0, 0.1) is 12.8 Å². The molecule has 1 aromatic rings. The minimum atomic E-state index is -3.46. The first-order valence-electron chi connectivity index (χ1n) is 5.74. The second kappa shape index (κ2) is 7.95. The molecule has 112 valence electrons. The number of hydrogen-bond acceptors (Lipinski definition) is 4. The van der Waals surface area contributed by atoms with Crippen molar-refractivity contribution in [2.75, 3.05) is 6.54 Å². The van der Waals surface area contributed by atoms with Gasteiger partial charge in [0.25, 0.3) is 0 Å². The molecule has 0 fully saturated rings. The van der Waals surface area contributed by atoms with Crippen LogP contribution in [-0.4, -0.2) is 21.0 Å². The van der Waals surface area contributed by atoms with E-state index in [-0.39, 0.29) is 18.4 Å². The maximum atomic E-state index is 12.2. The largest absolute Gasteiger partial charge is 0.329 e. The van der Waals surface area contributed by atoms with Gasteiger partial charge in [-0.05, 0) is 46.8 Å². The fraction of sp³-hybridized carbons (Fsp3) is 0.636. The summed E-state index contributed by atoms with van der Waals surface area (Å²) in [5, 5.41) is 0. The van der Waals surface area contributed by atoms with Gasteiger partial charge in [0.15, 0.2) is 0 Å². The van der Waals surface area contributed by atoms with Crippen molar-refractivity contribution in [1.29, 1.82) is 0 Å². The molecule has 1 rings (SSSR count). The van der Waals surface area contributed by atoms with Crippen LogP contribution in [0.4, 0.5) is 0 Å². The smallest absolute Gasteiger partial charge is 0.250 e. The molecule has 0 amide bonds. The van der Waals surface area contributed by atoms with Gasteiger partial charge in [0.2, 0.25) is 10.0 Å². The highest BCUT2D eigenvalue weighted by molar-refractivity contribution is 9.11. The van der Waals surface area contributed by atoms with Crippen LogP contribution in [0.5, 0.6) is 0 Å². The van der Waals surface area contributed by atoms with Gasteiger partial charge >= 0.3 is 0 Å². The Labute approximate surface area is 133 Å². The quantitative estimate of drug-likeness (QED) is 0.783. The average molecular weight is 392 g/mol. The van der Waals surface area contributed by atoms with Crippen LogP contribution < -0.4 is 10.5 Å². The van der Waals surface area contributed by atoms with Crippen molar-refractivity contribution in [2.24, 2.45) is 11.7 Å². The van der Waals surface area contributed by atoms with Crippen molar-refractivity contribution in [3.05, 3.63) is 15.4 Å². The van der Waals surface area contributed by atoms with Crippen LogP contribution in [0.1, 0.15) is 25.8 Å². The molecular formula is C11H20BrClN2O2S2. The summed E-state index contributed by atoms with van der Waals surface area (Å²) < 4.78 is 28.2. The molecule has 19 heavy (non-hydrogen) atoms. The lowest BCUT2D eigenvalue weighted by molar-refractivity contribution is 0.465. The zero-order valence-corrected chi connectivity index (χ0v) is 15.2. The van der Waals surface area contributed by atoms with Crippen LogP contribution >= 0.6 is 39.7 Å². The summed E-state index contributed by atoms with van der Waals surface area (Å²) in [4.78, 5) is 0. The van der Waals surface area contributed by atoms with Crippen LogP contribution in [0.3, 0.4) is 0 Å². The van der Waals surface area contributed by atoms with Crippen LogP contribution in [-0.2, 0) is 10.0 Å². The molecule has 4 nitrogen and oxygen atoms in total. The zero-order valence-electron chi connectivity index (χ0n) is 11.1. The van der Waals surface area contributed by atoms with Gasteiger partial charge in [0.05, 0.1) is 3.79 Å². The van der Waals surface area contributed by atoms with Crippen molar-refractivity contribution < 1.29 is 8.42 Å². The van der Waals surface area contributed by atoms with Crippen LogP contribution in [0.15, 0.2) is 14.1 Å². The first-order chi connectivity index (χ1) is 8.26. The SMILES string of the molecule is Cc1cc(S(=O)(=O)NC(CN)CC(C)C)sc1Br.Cl. The van der Waals surface area contributed by atoms with Gasteiger partial charge in [-0.1, -0.05) is 13.8 Å². The molecule has 1 heterocycles. The van der Waals surface area contributed by atoms with Crippen molar-refractivity contribution in [2.45, 2.75) is 37.4 Å². The summed E-state index contributed by atoms with van der Waals surface area (Å²) in [6.07, 6.45) is 0.737. The topological polar surface area (TPSA) is 72.2 Å². The third-order valence-electron chi connectivity index (χ3n) is 2.46. The Kier molecular flexibility index (Phi) is 8.09. The maximum absolute atomic E-state index is 12.2. The maximum Gasteiger partial charge on any atom is 0.250 e. The van der Waals surface area contributed by atoms with Crippen molar-refractivity contribution >= 4 is 49.7 Å². The van der Waals surface area contributed by atoms with E-state index < -0.39 is 10.0 Å². The van der Waals surface area contributed by atoms with E-state index in [2.05, 4.69) is 20.7 Å². The van der Waals surface area contributed by atoms with E-state index in [9.17, 15) is 8.42 Å². The third kappa shape index (κ3) is 5.69. The first kappa shape index (κ1) is 19.3. The minimum absolute atomic E-state index is 0. The second-order valence-corrected chi connectivity index (χ2v) is 9.02. The van der Waals surface area contributed by atoms with E-state index in [0.717, 1.165) is 15.8 Å². The molecule has 0 aliphatic heterocycles. The number of sulfonamides is 1. The molecule has 3 N–H and O–H groups in total. The average Bonchev–Trinajstić information content (AvgIpc) is 2.58. The van der Waals surface area contributed by atoms with Crippen molar-refractivity contribution in [3.8, 4) is 0 Å². The van der Waals surface area contributed by atoms with Crippen molar-refractivity contribution in [3.63, 3.8) is 0 Å². The van der Waals surface area contributed by atoms with E-state index in [1.165, 1.54) is 11.3 Å². The summed E-state index contributed by atoms with van der Waals surface area (Å²) in [6.45, 7) is 6.27. The fourth-order valence-electron chi connectivity index (χ4n) is 1.60. The molecule has 8 heteroatoms. The summed E-state index contributed by atoms with van der Waals surface area (Å²) in [5.74, 6) is 0.401. The molecule has 0 aliphatic rings. The summed E-state index contributed by atoms with van der Waals surface area (Å²) in [6, 6.07) is 1.45. The molecule has 0 spiro atoms.